The maximum absolute atomic E-state index is 13.0. The number of carbonyl (C=O) groups excluding carboxylic acids is 1. The number of carbonyl (C=O) groups is 1. The van der Waals surface area contributed by atoms with E-state index in [1.54, 1.807) is 25.4 Å². The smallest absolute Gasteiger partial charge is 0.321 e. The molecule has 158 valence electrons. The summed E-state index contributed by atoms with van der Waals surface area (Å²) in [7, 11) is 2.98. The van der Waals surface area contributed by atoms with Crippen molar-refractivity contribution in [3.05, 3.63) is 68.0 Å². The van der Waals surface area contributed by atoms with Gasteiger partial charge in [-0.15, -0.1) is 0 Å². The fraction of sp³-hybridized carbons (Fsp3) is 0.391. The van der Waals surface area contributed by atoms with Gasteiger partial charge in [-0.1, -0.05) is 46.8 Å². The van der Waals surface area contributed by atoms with Crippen LogP contribution in [0.25, 0.3) is 11.0 Å². The molecule has 0 saturated carbocycles. The van der Waals surface area contributed by atoms with Crippen LogP contribution in [0.5, 0.6) is 0 Å². The number of nitrogens with one attached hydrogen (secondary N) is 1. The largest absolute Gasteiger partial charge is 0.332 e. The fourth-order valence-electron chi connectivity index (χ4n) is 3.42. The summed E-state index contributed by atoms with van der Waals surface area (Å²) in [6, 6.07) is 7.43. The number of benzene rings is 1. The Hall–Kier alpha value is -3.22. The van der Waals surface area contributed by atoms with Gasteiger partial charge in [0.05, 0.1) is 5.69 Å². The summed E-state index contributed by atoms with van der Waals surface area (Å²) >= 11 is 0. The third-order valence-electron chi connectivity index (χ3n) is 5.37. The molecule has 0 atom stereocenters. The SMILES string of the molecule is CC(C)c1cnc2c(c1NC(=O)c1ccc(C(C)(C)C)cc1)c(=O)n(C)c(=O)n2C. The first-order valence-electron chi connectivity index (χ1n) is 9.94. The van der Waals surface area contributed by atoms with Crippen LogP contribution in [0.4, 0.5) is 5.69 Å². The van der Waals surface area contributed by atoms with Gasteiger partial charge in [0.15, 0.2) is 5.65 Å². The zero-order valence-electron chi connectivity index (χ0n) is 18.5. The monoisotopic (exact) mass is 408 g/mol. The number of anilines is 1. The van der Waals surface area contributed by atoms with Crippen molar-refractivity contribution in [1.82, 2.24) is 14.1 Å². The highest BCUT2D eigenvalue weighted by molar-refractivity contribution is 6.09. The predicted octanol–water partition coefficient (Wildman–Crippen LogP) is 3.31. The molecular formula is C23H28N4O3. The number of pyridine rings is 1. The van der Waals surface area contributed by atoms with Crippen LogP contribution in [0, 0.1) is 0 Å². The van der Waals surface area contributed by atoms with Gasteiger partial charge in [-0.25, -0.2) is 9.78 Å². The first-order chi connectivity index (χ1) is 13.9. The topological polar surface area (TPSA) is 86.0 Å². The number of fused-ring (bicyclic) bond motifs is 1. The van der Waals surface area contributed by atoms with E-state index in [1.807, 2.05) is 26.0 Å². The molecule has 1 amide bonds. The predicted molar refractivity (Wildman–Crippen MR) is 119 cm³/mol. The second kappa shape index (κ2) is 7.55. The Morgan fingerprint density at radius 1 is 1.03 bits per heavy atom. The molecule has 0 spiro atoms. The molecule has 30 heavy (non-hydrogen) atoms. The van der Waals surface area contributed by atoms with Gasteiger partial charge in [0.1, 0.15) is 5.39 Å². The molecule has 0 aliphatic carbocycles. The molecule has 7 heteroatoms. The maximum atomic E-state index is 13.0. The average Bonchev–Trinajstić information content (AvgIpc) is 2.69. The molecule has 0 aliphatic heterocycles. The van der Waals surface area contributed by atoms with E-state index in [-0.39, 0.29) is 28.3 Å². The van der Waals surface area contributed by atoms with Crippen molar-refractivity contribution in [2.24, 2.45) is 14.1 Å². The van der Waals surface area contributed by atoms with Crippen molar-refractivity contribution in [1.29, 1.82) is 0 Å². The summed E-state index contributed by atoms with van der Waals surface area (Å²) in [5, 5.41) is 3.14. The van der Waals surface area contributed by atoms with Crippen LogP contribution in [-0.4, -0.2) is 20.0 Å². The average molecular weight is 409 g/mol. The molecule has 0 fully saturated rings. The van der Waals surface area contributed by atoms with Crippen molar-refractivity contribution in [3.8, 4) is 0 Å². The van der Waals surface area contributed by atoms with Gasteiger partial charge in [0.2, 0.25) is 0 Å². The van der Waals surface area contributed by atoms with Crippen LogP contribution in [0.3, 0.4) is 0 Å². The molecule has 2 aromatic heterocycles. The molecule has 0 bridgehead atoms. The summed E-state index contributed by atoms with van der Waals surface area (Å²) in [4.78, 5) is 42.6. The summed E-state index contributed by atoms with van der Waals surface area (Å²) in [5.74, 6) is -0.303. The Labute approximate surface area is 175 Å². The van der Waals surface area contributed by atoms with Gasteiger partial charge in [0.25, 0.3) is 11.5 Å². The maximum Gasteiger partial charge on any atom is 0.332 e. The normalized spacial score (nSPS) is 11.9. The molecule has 1 N–H and O–H groups in total. The zero-order valence-corrected chi connectivity index (χ0v) is 18.5. The van der Waals surface area contributed by atoms with Crippen molar-refractivity contribution in [3.63, 3.8) is 0 Å². The zero-order chi connectivity index (χ0) is 22.4. The highest BCUT2D eigenvalue weighted by Crippen LogP contribution is 2.29. The second-order valence-electron chi connectivity index (χ2n) is 8.93. The fourth-order valence-corrected chi connectivity index (χ4v) is 3.42. The molecule has 0 unspecified atom stereocenters. The number of hydrogen-bond acceptors (Lipinski definition) is 4. The lowest BCUT2D eigenvalue weighted by molar-refractivity contribution is 0.102. The lowest BCUT2D eigenvalue weighted by Crippen LogP contribution is -2.38. The molecule has 0 radical (unpaired) electrons. The van der Waals surface area contributed by atoms with Crippen molar-refractivity contribution in [2.75, 3.05) is 5.32 Å². The number of amides is 1. The van der Waals surface area contributed by atoms with Crippen LogP contribution in [0.2, 0.25) is 0 Å². The molecule has 3 rings (SSSR count). The van der Waals surface area contributed by atoms with E-state index in [2.05, 4.69) is 31.1 Å². The Bertz CT molecular complexity index is 1240. The minimum atomic E-state index is -0.485. The molecular weight excluding hydrogens is 380 g/mol. The van der Waals surface area contributed by atoms with Crippen molar-refractivity contribution in [2.45, 2.75) is 46.0 Å². The van der Waals surface area contributed by atoms with Crippen molar-refractivity contribution < 1.29 is 4.79 Å². The first-order valence-corrected chi connectivity index (χ1v) is 9.94. The Morgan fingerprint density at radius 2 is 1.63 bits per heavy atom. The summed E-state index contributed by atoms with van der Waals surface area (Å²) in [5.41, 5.74) is 2.02. The summed E-state index contributed by atoms with van der Waals surface area (Å²) in [6.45, 7) is 10.3. The minimum Gasteiger partial charge on any atom is -0.321 e. The lowest BCUT2D eigenvalue weighted by atomic mass is 9.86. The van der Waals surface area contributed by atoms with E-state index in [0.29, 0.717) is 11.3 Å². The van der Waals surface area contributed by atoms with Crippen molar-refractivity contribution >= 4 is 22.6 Å². The third kappa shape index (κ3) is 3.67. The standard InChI is InChI=1S/C23H28N4O3/c1-13(2)16-12-24-19-17(21(29)27(7)22(30)26(19)6)18(16)25-20(28)14-8-10-15(11-9-14)23(3,4)5/h8-13H,1-7H3,(H,24,25,28). The number of aromatic nitrogens is 3. The van der Waals surface area contributed by atoms with Gasteiger partial charge in [-0.3, -0.25) is 18.7 Å². The highest BCUT2D eigenvalue weighted by atomic mass is 16.2. The van der Waals surface area contributed by atoms with Crippen LogP contribution < -0.4 is 16.6 Å². The van der Waals surface area contributed by atoms with Gasteiger partial charge in [-0.2, -0.15) is 0 Å². The third-order valence-corrected chi connectivity index (χ3v) is 5.37. The van der Waals surface area contributed by atoms with Gasteiger partial charge in [0, 0.05) is 25.9 Å². The van der Waals surface area contributed by atoms with Gasteiger partial charge in [-0.05, 0) is 34.6 Å². The highest BCUT2D eigenvalue weighted by Gasteiger charge is 2.21. The van der Waals surface area contributed by atoms with Gasteiger partial charge < -0.3 is 5.32 Å². The number of rotatable bonds is 3. The van der Waals surface area contributed by atoms with Crippen LogP contribution in [-0.2, 0) is 19.5 Å². The quantitative estimate of drug-likeness (QED) is 0.720. The first kappa shape index (κ1) is 21.5. The van der Waals surface area contributed by atoms with E-state index >= 15 is 0 Å². The van der Waals surface area contributed by atoms with Crippen LogP contribution in [0.1, 0.15) is 62.0 Å². The molecule has 2 heterocycles. The lowest BCUT2D eigenvalue weighted by Gasteiger charge is -2.20. The van der Waals surface area contributed by atoms with Crippen LogP contribution in [0.15, 0.2) is 40.1 Å². The molecule has 7 nitrogen and oxygen atoms in total. The number of aryl methyl sites for hydroxylation is 1. The minimum absolute atomic E-state index is 0.0158. The van der Waals surface area contributed by atoms with E-state index in [4.69, 9.17) is 0 Å². The van der Waals surface area contributed by atoms with E-state index in [0.717, 1.165) is 15.7 Å². The molecule has 0 saturated heterocycles. The second-order valence-corrected chi connectivity index (χ2v) is 8.93. The number of hydrogen-bond donors (Lipinski definition) is 1. The Kier molecular flexibility index (Phi) is 5.41. The molecule has 1 aromatic carbocycles. The van der Waals surface area contributed by atoms with Crippen LogP contribution >= 0.6 is 0 Å². The van der Waals surface area contributed by atoms with E-state index in [1.165, 1.54) is 11.6 Å². The Balaban J connectivity index is 2.17. The molecule has 3 aromatic rings. The number of nitrogens with zero attached hydrogens (tertiary/aromatic N) is 3. The van der Waals surface area contributed by atoms with E-state index < -0.39 is 11.2 Å². The Morgan fingerprint density at radius 3 is 2.17 bits per heavy atom. The molecule has 0 aliphatic rings. The van der Waals surface area contributed by atoms with Gasteiger partial charge >= 0.3 is 5.69 Å². The van der Waals surface area contributed by atoms with E-state index in [9.17, 15) is 14.4 Å². The summed E-state index contributed by atoms with van der Waals surface area (Å²) < 4.78 is 2.34. The summed E-state index contributed by atoms with van der Waals surface area (Å²) in [6.07, 6.45) is 1.62.